The summed E-state index contributed by atoms with van der Waals surface area (Å²) in [7, 11) is 0. The largest absolute Gasteiger partial charge is 0.389 e. The molecular weight excluding hydrogens is 264 g/mol. The standard InChI is InChI=1S/C17H18N2S/c1-12-9-14-6-2-3-8-16(14)19(12)11-13-5-4-7-15(10-13)17(18)20/h2-8,10,12H,9,11H2,1H3,(H2,18,20). The van der Waals surface area contributed by atoms with Crippen molar-refractivity contribution in [1.29, 1.82) is 0 Å². The molecule has 0 saturated carbocycles. The molecule has 2 N–H and O–H groups in total. The average molecular weight is 282 g/mol. The lowest BCUT2D eigenvalue weighted by Gasteiger charge is -2.25. The molecular formula is C17H18N2S. The maximum Gasteiger partial charge on any atom is 0.103 e. The van der Waals surface area contributed by atoms with Gasteiger partial charge in [-0.05, 0) is 36.6 Å². The average Bonchev–Trinajstić information content (AvgIpc) is 2.76. The van der Waals surface area contributed by atoms with Gasteiger partial charge in [0, 0.05) is 23.8 Å². The smallest absolute Gasteiger partial charge is 0.103 e. The predicted octanol–water partition coefficient (Wildman–Crippen LogP) is 3.27. The van der Waals surface area contributed by atoms with Crippen LogP contribution < -0.4 is 10.6 Å². The van der Waals surface area contributed by atoms with Gasteiger partial charge >= 0.3 is 0 Å². The predicted molar refractivity (Wildman–Crippen MR) is 88.1 cm³/mol. The first kappa shape index (κ1) is 13.1. The second-order valence-electron chi connectivity index (χ2n) is 5.37. The molecule has 1 aliphatic rings. The highest BCUT2D eigenvalue weighted by Gasteiger charge is 2.25. The van der Waals surface area contributed by atoms with Crippen LogP contribution in [0.1, 0.15) is 23.6 Å². The first-order valence-corrected chi connectivity index (χ1v) is 7.29. The van der Waals surface area contributed by atoms with E-state index in [0.717, 1.165) is 18.5 Å². The van der Waals surface area contributed by atoms with E-state index in [4.69, 9.17) is 18.0 Å². The third-order valence-electron chi connectivity index (χ3n) is 3.91. The van der Waals surface area contributed by atoms with E-state index < -0.39 is 0 Å². The molecule has 2 aromatic carbocycles. The molecule has 3 rings (SSSR count). The van der Waals surface area contributed by atoms with Crippen LogP contribution in [0.15, 0.2) is 48.5 Å². The number of nitrogens with two attached hydrogens (primary N) is 1. The van der Waals surface area contributed by atoms with E-state index in [2.05, 4.69) is 48.2 Å². The summed E-state index contributed by atoms with van der Waals surface area (Å²) in [6.45, 7) is 3.17. The van der Waals surface area contributed by atoms with E-state index in [1.54, 1.807) is 0 Å². The molecule has 1 aliphatic heterocycles. The monoisotopic (exact) mass is 282 g/mol. The number of hydrogen-bond acceptors (Lipinski definition) is 2. The Morgan fingerprint density at radius 3 is 2.85 bits per heavy atom. The maximum atomic E-state index is 5.71. The first-order valence-electron chi connectivity index (χ1n) is 6.88. The van der Waals surface area contributed by atoms with Gasteiger partial charge in [0.2, 0.25) is 0 Å². The SMILES string of the molecule is CC1Cc2ccccc2N1Cc1cccc(C(N)=S)c1. The van der Waals surface area contributed by atoms with Gasteiger partial charge in [-0.2, -0.15) is 0 Å². The maximum absolute atomic E-state index is 5.71. The minimum atomic E-state index is 0.460. The zero-order valence-electron chi connectivity index (χ0n) is 11.5. The Hall–Kier alpha value is -1.87. The van der Waals surface area contributed by atoms with Crippen molar-refractivity contribution >= 4 is 22.9 Å². The molecule has 2 aromatic rings. The van der Waals surface area contributed by atoms with E-state index in [1.165, 1.54) is 16.8 Å². The quantitative estimate of drug-likeness (QED) is 0.876. The number of benzene rings is 2. The summed E-state index contributed by atoms with van der Waals surface area (Å²) < 4.78 is 0. The first-order chi connectivity index (χ1) is 9.65. The normalized spacial score (nSPS) is 17.1. The molecule has 0 aliphatic carbocycles. The summed E-state index contributed by atoms with van der Waals surface area (Å²) in [4.78, 5) is 2.91. The van der Waals surface area contributed by atoms with Crippen LogP contribution in [0.5, 0.6) is 0 Å². The second-order valence-corrected chi connectivity index (χ2v) is 5.81. The molecule has 20 heavy (non-hydrogen) atoms. The summed E-state index contributed by atoms with van der Waals surface area (Å²) in [5.41, 5.74) is 10.7. The van der Waals surface area contributed by atoms with E-state index >= 15 is 0 Å². The van der Waals surface area contributed by atoms with Crippen molar-refractivity contribution in [2.75, 3.05) is 4.90 Å². The number of fused-ring (bicyclic) bond motifs is 1. The molecule has 3 heteroatoms. The summed E-state index contributed by atoms with van der Waals surface area (Å²) in [5.74, 6) is 0. The minimum absolute atomic E-state index is 0.460. The summed E-state index contributed by atoms with van der Waals surface area (Å²) in [6.07, 6.45) is 1.12. The van der Waals surface area contributed by atoms with Crippen molar-refractivity contribution < 1.29 is 0 Å². The molecule has 0 amide bonds. The zero-order chi connectivity index (χ0) is 14.1. The lowest BCUT2D eigenvalue weighted by atomic mass is 10.1. The van der Waals surface area contributed by atoms with E-state index in [9.17, 15) is 0 Å². The zero-order valence-corrected chi connectivity index (χ0v) is 12.4. The number of anilines is 1. The molecule has 0 saturated heterocycles. The molecule has 0 bridgehead atoms. The van der Waals surface area contributed by atoms with Crippen LogP contribution >= 0.6 is 12.2 Å². The van der Waals surface area contributed by atoms with Gasteiger partial charge in [0.25, 0.3) is 0 Å². The van der Waals surface area contributed by atoms with E-state index in [0.29, 0.717) is 11.0 Å². The third kappa shape index (κ3) is 2.41. The van der Waals surface area contributed by atoms with Crippen molar-refractivity contribution in [2.24, 2.45) is 5.73 Å². The Balaban J connectivity index is 1.88. The van der Waals surface area contributed by atoms with Gasteiger partial charge in [-0.1, -0.05) is 48.6 Å². The Bertz CT molecular complexity index is 651. The van der Waals surface area contributed by atoms with Crippen molar-refractivity contribution in [3.05, 3.63) is 65.2 Å². The van der Waals surface area contributed by atoms with Gasteiger partial charge in [0.1, 0.15) is 4.99 Å². The summed E-state index contributed by atoms with van der Waals surface area (Å²) in [6, 6.07) is 17.4. The molecule has 0 fully saturated rings. The molecule has 102 valence electrons. The molecule has 0 aromatic heterocycles. The number of hydrogen-bond donors (Lipinski definition) is 1. The number of para-hydroxylation sites is 1. The van der Waals surface area contributed by atoms with E-state index in [1.807, 2.05) is 12.1 Å². The fourth-order valence-electron chi connectivity index (χ4n) is 2.89. The van der Waals surface area contributed by atoms with Gasteiger partial charge < -0.3 is 10.6 Å². The van der Waals surface area contributed by atoms with Gasteiger partial charge in [-0.3, -0.25) is 0 Å². The van der Waals surface area contributed by atoms with Crippen LogP contribution in [0.2, 0.25) is 0 Å². The van der Waals surface area contributed by atoms with Crippen LogP contribution in [-0.4, -0.2) is 11.0 Å². The molecule has 2 nitrogen and oxygen atoms in total. The van der Waals surface area contributed by atoms with Crippen molar-refractivity contribution in [3.63, 3.8) is 0 Å². The summed E-state index contributed by atoms with van der Waals surface area (Å²) >= 11 is 5.05. The second kappa shape index (κ2) is 5.25. The van der Waals surface area contributed by atoms with Crippen LogP contribution in [0.3, 0.4) is 0 Å². The van der Waals surface area contributed by atoms with E-state index in [-0.39, 0.29) is 0 Å². The lowest BCUT2D eigenvalue weighted by Crippen LogP contribution is -2.28. The van der Waals surface area contributed by atoms with Crippen LogP contribution in [0.4, 0.5) is 5.69 Å². The van der Waals surface area contributed by atoms with Gasteiger partial charge in [-0.15, -0.1) is 0 Å². The van der Waals surface area contributed by atoms with Gasteiger partial charge in [0.15, 0.2) is 0 Å². The lowest BCUT2D eigenvalue weighted by molar-refractivity contribution is 0.672. The fourth-order valence-corrected chi connectivity index (χ4v) is 3.02. The number of nitrogens with zero attached hydrogens (tertiary/aromatic N) is 1. The highest BCUT2D eigenvalue weighted by atomic mass is 32.1. The van der Waals surface area contributed by atoms with Gasteiger partial charge in [0.05, 0.1) is 0 Å². The number of rotatable bonds is 3. The molecule has 0 radical (unpaired) electrons. The fraction of sp³-hybridized carbons (Fsp3) is 0.235. The highest BCUT2D eigenvalue weighted by molar-refractivity contribution is 7.80. The Morgan fingerprint density at radius 2 is 2.05 bits per heavy atom. The molecule has 1 unspecified atom stereocenters. The third-order valence-corrected chi connectivity index (χ3v) is 4.15. The van der Waals surface area contributed by atoms with Crippen molar-refractivity contribution in [3.8, 4) is 0 Å². The Kier molecular flexibility index (Phi) is 3.45. The Morgan fingerprint density at radius 1 is 1.25 bits per heavy atom. The molecule has 1 heterocycles. The van der Waals surface area contributed by atoms with Crippen LogP contribution in [0, 0.1) is 0 Å². The van der Waals surface area contributed by atoms with Crippen LogP contribution in [0.25, 0.3) is 0 Å². The van der Waals surface area contributed by atoms with Gasteiger partial charge in [-0.25, -0.2) is 0 Å². The highest BCUT2D eigenvalue weighted by Crippen LogP contribution is 2.33. The minimum Gasteiger partial charge on any atom is -0.389 e. The summed E-state index contributed by atoms with van der Waals surface area (Å²) in [5, 5.41) is 0. The molecule has 0 spiro atoms. The number of thiocarbonyl (C=S) groups is 1. The van der Waals surface area contributed by atoms with Crippen molar-refractivity contribution in [2.45, 2.75) is 25.9 Å². The van der Waals surface area contributed by atoms with Crippen LogP contribution in [-0.2, 0) is 13.0 Å². The topological polar surface area (TPSA) is 29.3 Å². The molecule has 1 atom stereocenters. The van der Waals surface area contributed by atoms with Crippen molar-refractivity contribution in [1.82, 2.24) is 0 Å². The Labute approximate surface area is 125 Å².